The molecule has 126 valence electrons. The smallest absolute Gasteiger partial charge is 0.270 e. The topological polar surface area (TPSA) is 99.3 Å². The fourth-order valence-electron chi connectivity index (χ4n) is 2.15. The number of benzene rings is 2. The molecule has 0 saturated heterocycles. The van der Waals surface area contributed by atoms with Crippen molar-refractivity contribution < 1.29 is 4.92 Å². The Labute approximate surface area is 152 Å². The molecule has 2 N–H and O–H groups in total. The molecule has 0 unspecified atom stereocenters. The van der Waals surface area contributed by atoms with Crippen molar-refractivity contribution in [2.24, 2.45) is 5.10 Å². The van der Waals surface area contributed by atoms with Crippen molar-refractivity contribution in [2.45, 2.75) is 0 Å². The van der Waals surface area contributed by atoms with E-state index in [0.717, 1.165) is 0 Å². The van der Waals surface area contributed by atoms with E-state index in [0.29, 0.717) is 26.9 Å². The molecule has 7 nitrogen and oxygen atoms in total. The summed E-state index contributed by atoms with van der Waals surface area (Å²) in [5.74, 6) is 0.126. The van der Waals surface area contributed by atoms with Crippen LogP contribution in [-0.4, -0.2) is 20.8 Å². The third-order valence-corrected chi connectivity index (χ3v) is 4.04. The second kappa shape index (κ2) is 6.92. The number of nitro benzene ring substituents is 1. The van der Waals surface area contributed by atoms with Gasteiger partial charge in [0, 0.05) is 23.3 Å². The molecule has 3 rings (SSSR count). The lowest BCUT2D eigenvalue weighted by atomic mass is 10.1. The highest BCUT2D eigenvalue weighted by Gasteiger charge is 2.11. The maximum atomic E-state index is 10.9. The van der Waals surface area contributed by atoms with E-state index in [-0.39, 0.29) is 11.6 Å². The van der Waals surface area contributed by atoms with Crippen molar-refractivity contribution >= 4 is 41.1 Å². The van der Waals surface area contributed by atoms with Crippen LogP contribution >= 0.6 is 23.2 Å². The zero-order chi connectivity index (χ0) is 18.0. The molecular weight excluding hydrogens is 365 g/mol. The molecule has 0 aliphatic heterocycles. The molecule has 0 amide bonds. The molecule has 0 saturated carbocycles. The number of aromatic nitrogens is 2. The van der Waals surface area contributed by atoms with Crippen LogP contribution in [0.25, 0.3) is 11.3 Å². The molecular formula is C16H11Cl2N5O2. The number of hydrogen-bond acceptors (Lipinski definition) is 5. The molecule has 0 radical (unpaired) electrons. The number of nitrogens with zero attached hydrogens (tertiary/aromatic N) is 4. The highest BCUT2D eigenvalue weighted by Crippen LogP contribution is 2.25. The van der Waals surface area contributed by atoms with Gasteiger partial charge in [-0.2, -0.15) is 5.10 Å². The molecule has 0 aliphatic carbocycles. The Kier molecular flexibility index (Phi) is 4.69. The van der Waals surface area contributed by atoms with Crippen molar-refractivity contribution in [1.82, 2.24) is 9.66 Å². The van der Waals surface area contributed by atoms with Gasteiger partial charge in [-0.05, 0) is 12.1 Å². The summed E-state index contributed by atoms with van der Waals surface area (Å²) < 4.78 is 1.34. The monoisotopic (exact) mass is 375 g/mol. The Bertz CT molecular complexity index is 964. The molecule has 2 aromatic carbocycles. The standard InChI is InChI=1S/C16H11Cl2N5O2/c17-13-5-2-6-14(18)12(13)8-20-22-9-15(21-16(22)19)10-3-1-4-11(7-10)23(24)25/h1-9H,(H2,19,21). The first-order valence-electron chi connectivity index (χ1n) is 7.04. The van der Waals surface area contributed by atoms with Gasteiger partial charge in [0.25, 0.3) is 5.69 Å². The number of non-ortho nitro benzene ring substituents is 1. The van der Waals surface area contributed by atoms with E-state index in [2.05, 4.69) is 10.1 Å². The van der Waals surface area contributed by atoms with Crippen LogP contribution in [0.15, 0.2) is 53.8 Å². The number of halogens is 2. The Morgan fingerprint density at radius 2 is 1.88 bits per heavy atom. The molecule has 25 heavy (non-hydrogen) atoms. The average Bonchev–Trinajstić information content (AvgIpc) is 2.95. The predicted molar refractivity (Wildman–Crippen MR) is 98.2 cm³/mol. The van der Waals surface area contributed by atoms with Gasteiger partial charge in [-0.3, -0.25) is 10.1 Å². The predicted octanol–water partition coefficient (Wildman–Crippen LogP) is 4.23. The van der Waals surface area contributed by atoms with E-state index < -0.39 is 4.92 Å². The van der Waals surface area contributed by atoms with E-state index in [1.54, 1.807) is 36.5 Å². The summed E-state index contributed by atoms with van der Waals surface area (Å²) in [5.41, 5.74) is 7.40. The van der Waals surface area contributed by atoms with Gasteiger partial charge in [0.2, 0.25) is 5.95 Å². The van der Waals surface area contributed by atoms with E-state index in [9.17, 15) is 10.1 Å². The summed E-state index contributed by atoms with van der Waals surface area (Å²) >= 11 is 12.2. The lowest BCUT2D eigenvalue weighted by Crippen LogP contribution is -1.97. The first kappa shape index (κ1) is 16.9. The third kappa shape index (κ3) is 3.62. The van der Waals surface area contributed by atoms with Crippen LogP contribution < -0.4 is 5.73 Å². The van der Waals surface area contributed by atoms with E-state index >= 15 is 0 Å². The number of nitro groups is 1. The van der Waals surface area contributed by atoms with Gasteiger partial charge in [0.1, 0.15) is 0 Å². The Hall–Kier alpha value is -2.90. The largest absolute Gasteiger partial charge is 0.368 e. The zero-order valence-corrected chi connectivity index (χ0v) is 14.1. The summed E-state index contributed by atoms with van der Waals surface area (Å²) in [6.07, 6.45) is 3.04. The summed E-state index contributed by atoms with van der Waals surface area (Å²) in [6.45, 7) is 0. The minimum Gasteiger partial charge on any atom is -0.368 e. The highest BCUT2D eigenvalue weighted by molar-refractivity contribution is 6.38. The minimum atomic E-state index is -0.471. The summed E-state index contributed by atoms with van der Waals surface area (Å²) in [7, 11) is 0. The van der Waals surface area contributed by atoms with Crippen molar-refractivity contribution in [1.29, 1.82) is 0 Å². The normalized spacial score (nSPS) is 11.1. The summed E-state index contributed by atoms with van der Waals surface area (Å²) in [5, 5.41) is 16.0. The zero-order valence-electron chi connectivity index (χ0n) is 12.6. The SMILES string of the molecule is Nc1nc(-c2cccc([N+](=O)[O-])c2)cn1N=Cc1c(Cl)cccc1Cl. The van der Waals surface area contributed by atoms with Gasteiger partial charge < -0.3 is 5.73 Å². The Morgan fingerprint density at radius 3 is 2.56 bits per heavy atom. The van der Waals surface area contributed by atoms with Gasteiger partial charge in [0.05, 0.1) is 33.1 Å². The van der Waals surface area contributed by atoms with Crippen LogP contribution in [0, 0.1) is 10.1 Å². The first-order chi connectivity index (χ1) is 12.0. The van der Waals surface area contributed by atoms with Gasteiger partial charge in [-0.25, -0.2) is 9.66 Å². The Morgan fingerprint density at radius 1 is 1.20 bits per heavy atom. The van der Waals surface area contributed by atoms with E-state index in [1.165, 1.54) is 23.0 Å². The quantitative estimate of drug-likeness (QED) is 0.418. The maximum Gasteiger partial charge on any atom is 0.270 e. The van der Waals surface area contributed by atoms with Gasteiger partial charge in [-0.1, -0.05) is 41.4 Å². The van der Waals surface area contributed by atoms with Gasteiger partial charge in [0.15, 0.2) is 0 Å². The molecule has 1 heterocycles. The van der Waals surface area contributed by atoms with Crippen molar-refractivity contribution in [3.63, 3.8) is 0 Å². The molecule has 0 spiro atoms. The molecule has 0 aliphatic rings. The van der Waals surface area contributed by atoms with Crippen molar-refractivity contribution in [3.05, 3.63) is 74.4 Å². The average molecular weight is 376 g/mol. The van der Waals surface area contributed by atoms with Crippen LogP contribution in [0.1, 0.15) is 5.56 Å². The molecule has 0 fully saturated rings. The molecule has 0 bridgehead atoms. The molecule has 9 heteroatoms. The number of rotatable bonds is 4. The van der Waals surface area contributed by atoms with Crippen molar-refractivity contribution in [3.8, 4) is 11.3 Å². The van der Waals surface area contributed by atoms with E-state index in [4.69, 9.17) is 28.9 Å². The minimum absolute atomic E-state index is 0.0306. The number of hydrogen-bond donors (Lipinski definition) is 1. The lowest BCUT2D eigenvalue weighted by molar-refractivity contribution is -0.384. The highest BCUT2D eigenvalue weighted by atomic mass is 35.5. The number of nitrogens with two attached hydrogens (primary N) is 1. The second-order valence-electron chi connectivity index (χ2n) is 5.02. The lowest BCUT2D eigenvalue weighted by Gasteiger charge is -2.00. The number of nitrogen functional groups attached to an aromatic ring is 1. The number of anilines is 1. The Balaban J connectivity index is 1.94. The van der Waals surface area contributed by atoms with E-state index in [1.807, 2.05) is 0 Å². The van der Waals surface area contributed by atoms with Gasteiger partial charge in [-0.15, -0.1) is 0 Å². The van der Waals surface area contributed by atoms with Crippen LogP contribution in [-0.2, 0) is 0 Å². The fourth-order valence-corrected chi connectivity index (χ4v) is 2.64. The van der Waals surface area contributed by atoms with Crippen LogP contribution in [0.3, 0.4) is 0 Å². The second-order valence-corrected chi connectivity index (χ2v) is 5.83. The number of imidazole rings is 1. The molecule has 3 aromatic rings. The summed E-state index contributed by atoms with van der Waals surface area (Å²) in [4.78, 5) is 14.6. The summed E-state index contributed by atoms with van der Waals surface area (Å²) in [6, 6.07) is 11.2. The molecule has 1 aromatic heterocycles. The van der Waals surface area contributed by atoms with Crippen molar-refractivity contribution in [2.75, 3.05) is 5.73 Å². The third-order valence-electron chi connectivity index (χ3n) is 3.38. The first-order valence-corrected chi connectivity index (χ1v) is 7.79. The van der Waals surface area contributed by atoms with Crippen LogP contribution in [0.2, 0.25) is 10.0 Å². The maximum absolute atomic E-state index is 10.9. The molecule has 0 atom stereocenters. The van der Waals surface area contributed by atoms with Crippen LogP contribution in [0.5, 0.6) is 0 Å². The van der Waals surface area contributed by atoms with Crippen LogP contribution in [0.4, 0.5) is 11.6 Å². The van der Waals surface area contributed by atoms with Gasteiger partial charge >= 0.3 is 0 Å². The fraction of sp³-hybridized carbons (Fsp3) is 0.